The van der Waals surface area contributed by atoms with Gasteiger partial charge in [-0.25, -0.2) is 4.39 Å². The first-order chi connectivity index (χ1) is 10.7. The molecule has 2 aromatic rings. The molecule has 0 amide bonds. The van der Waals surface area contributed by atoms with E-state index in [4.69, 9.17) is 4.74 Å². The molecule has 2 aliphatic heterocycles. The number of rotatable bonds is 1. The fraction of sp³-hybridized carbons (Fsp3) is 0.333. The van der Waals surface area contributed by atoms with E-state index in [-0.39, 0.29) is 18.0 Å². The lowest BCUT2D eigenvalue weighted by Gasteiger charge is -2.43. The molecule has 0 bridgehead atoms. The molecule has 0 spiro atoms. The second-order valence-corrected chi connectivity index (χ2v) is 6.92. The Morgan fingerprint density at radius 2 is 1.95 bits per heavy atom. The van der Waals surface area contributed by atoms with Crippen LogP contribution in [-0.2, 0) is 4.74 Å². The van der Waals surface area contributed by atoms with Gasteiger partial charge in [0.2, 0.25) is 0 Å². The van der Waals surface area contributed by atoms with Gasteiger partial charge in [0.25, 0.3) is 0 Å². The molecule has 1 saturated heterocycles. The average molecular weight is 362 g/mol. The van der Waals surface area contributed by atoms with E-state index >= 15 is 0 Å². The van der Waals surface area contributed by atoms with Crippen molar-refractivity contribution in [1.29, 1.82) is 0 Å². The normalized spacial score (nSPS) is 26.7. The van der Waals surface area contributed by atoms with Gasteiger partial charge in [-0.2, -0.15) is 0 Å². The lowest BCUT2D eigenvalue weighted by Crippen LogP contribution is -2.36. The molecular formula is C18H17BrFNO. The van der Waals surface area contributed by atoms with Crippen LogP contribution in [0.4, 0.5) is 10.1 Å². The number of fused-ring (bicyclic) bond motifs is 3. The van der Waals surface area contributed by atoms with Gasteiger partial charge in [0.1, 0.15) is 5.82 Å². The van der Waals surface area contributed by atoms with Gasteiger partial charge >= 0.3 is 0 Å². The van der Waals surface area contributed by atoms with Crippen LogP contribution in [0, 0.1) is 11.7 Å². The van der Waals surface area contributed by atoms with Gasteiger partial charge in [-0.15, -0.1) is 0 Å². The summed E-state index contributed by atoms with van der Waals surface area (Å²) in [4.78, 5) is 0. The number of benzene rings is 2. The summed E-state index contributed by atoms with van der Waals surface area (Å²) < 4.78 is 20.4. The maximum Gasteiger partial charge on any atom is 0.123 e. The first kappa shape index (κ1) is 14.2. The van der Waals surface area contributed by atoms with Crippen LogP contribution in [0.5, 0.6) is 0 Å². The molecule has 114 valence electrons. The largest absolute Gasteiger partial charge is 0.378 e. The highest BCUT2D eigenvalue weighted by Gasteiger charge is 2.39. The lowest BCUT2D eigenvalue weighted by atomic mass is 9.77. The van der Waals surface area contributed by atoms with Gasteiger partial charge in [0, 0.05) is 28.2 Å². The summed E-state index contributed by atoms with van der Waals surface area (Å²) >= 11 is 3.55. The van der Waals surface area contributed by atoms with Crippen molar-refractivity contribution in [2.24, 2.45) is 5.92 Å². The van der Waals surface area contributed by atoms with E-state index in [2.05, 4.69) is 33.4 Å². The SMILES string of the molecule is Fc1ccc(C2Nc3ccc(Br)cc3C3OCCCC23)cc1. The zero-order valence-corrected chi connectivity index (χ0v) is 13.6. The van der Waals surface area contributed by atoms with Crippen molar-refractivity contribution in [3.05, 3.63) is 63.9 Å². The number of hydrogen-bond acceptors (Lipinski definition) is 2. The zero-order chi connectivity index (χ0) is 15.1. The average Bonchev–Trinajstić information content (AvgIpc) is 2.55. The molecule has 2 heterocycles. The van der Waals surface area contributed by atoms with Gasteiger partial charge in [-0.3, -0.25) is 0 Å². The summed E-state index contributed by atoms with van der Waals surface area (Å²) in [5.74, 6) is 0.182. The van der Waals surface area contributed by atoms with Crippen molar-refractivity contribution in [2.45, 2.75) is 25.0 Å². The molecule has 3 unspecified atom stereocenters. The highest BCUT2D eigenvalue weighted by Crippen LogP contribution is 2.49. The Hall–Kier alpha value is -1.39. The molecule has 0 radical (unpaired) electrons. The van der Waals surface area contributed by atoms with Crippen LogP contribution in [0.15, 0.2) is 46.9 Å². The minimum atomic E-state index is -0.194. The zero-order valence-electron chi connectivity index (χ0n) is 12.1. The van der Waals surface area contributed by atoms with Crippen LogP contribution < -0.4 is 5.32 Å². The molecule has 1 fully saturated rings. The molecule has 0 saturated carbocycles. The van der Waals surface area contributed by atoms with Gasteiger partial charge in [-0.05, 0) is 48.7 Å². The maximum atomic E-state index is 13.2. The van der Waals surface area contributed by atoms with Gasteiger partial charge in [0.05, 0.1) is 12.1 Å². The molecule has 2 aromatic carbocycles. The number of nitrogens with one attached hydrogen (secondary N) is 1. The van der Waals surface area contributed by atoms with E-state index in [9.17, 15) is 4.39 Å². The lowest BCUT2D eigenvalue weighted by molar-refractivity contribution is -0.0381. The van der Waals surface area contributed by atoms with Crippen LogP contribution in [0.2, 0.25) is 0 Å². The summed E-state index contributed by atoms with van der Waals surface area (Å²) in [6.45, 7) is 0.809. The van der Waals surface area contributed by atoms with Crippen molar-refractivity contribution >= 4 is 21.6 Å². The number of anilines is 1. The predicted molar refractivity (Wildman–Crippen MR) is 88.3 cm³/mol. The first-order valence-corrected chi connectivity index (χ1v) is 8.45. The second kappa shape index (κ2) is 5.67. The molecule has 1 N–H and O–H groups in total. The Morgan fingerprint density at radius 3 is 2.77 bits per heavy atom. The molecule has 0 aliphatic carbocycles. The Labute approximate surface area is 137 Å². The van der Waals surface area contributed by atoms with Crippen LogP contribution in [0.25, 0.3) is 0 Å². The van der Waals surface area contributed by atoms with Crippen molar-refractivity contribution in [3.8, 4) is 0 Å². The smallest absolute Gasteiger partial charge is 0.123 e. The highest BCUT2D eigenvalue weighted by atomic mass is 79.9. The Morgan fingerprint density at radius 1 is 1.14 bits per heavy atom. The summed E-state index contributed by atoms with van der Waals surface area (Å²) in [6, 6.07) is 13.3. The van der Waals surface area contributed by atoms with E-state index in [1.54, 1.807) is 0 Å². The standard InChI is InChI=1S/C18H17BrFNO/c19-12-5-8-16-15(10-12)18-14(2-1-9-22-18)17(21-16)11-3-6-13(20)7-4-11/h3-8,10,14,17-18,21H,1-2,9H2. The van der Waals surface area contributed by atoms with Crippen LogP contribution in [-0.4, -0.2) is 6.61 Å². The number of ether oxygens (including phenoxy) is 1. The van der Waals surface area contributed by atoms with Gasteiger partial charge < -0.3 is 10.1 Å². The monoisotopic (exact) mass is 361 g/mol. The predicted octanol–water partition coefficient (Wildman–Crippen LogP) is 5.22. The third-order valence-corrected chi connectivity index (χ3v) is 5.15. The fourth-order valence-electron chi connectivity index (χ4n) is 3.64. The summed E-state index contributed by atoms with van der Waals surface area (Å²) in [6.07, 6.45) is 2.30. The Kier molecular flexibility index (Phi) is 3.66. The van der Waals surface area contributed by atoms with E-state index in [0.29, 0.717) is 5.92 Å². The minimum absolute atomic E-state index is 0.109. The van der Waals surface area contributed by atoms with E-state index in [1.165, 1.54) is 17.7 Å². The third-order valence-electron chi connectivity index (χ3n) is 4.66. The number of hydrogen-bond donors (Lipinski definition) is 1. The van der Waals surface area contributed by atoms with Crippen LogP contribution in [0.3, 0.4) is 0 Å². The van der Waals surface area contributed by atoms with E-state index < -0.39 is 0 Å². The van der Waals surface area contributed by atoms with Crippen molar-refractivity contribution < 1.29 is 9.13 Å². The minimum Gasteiger partial charge on any atom is -0.378 e. The molecule has 4 heteroatoms. The molecule has 22 heavy (non-hydrogen) atoms. The fourth-order valence-corrected chi connectivity index (χ4v) is 4.02. The van der Waals surface area contributed by atoms with E-state index in [1.807, 2.05) is 18.2 Å². The Balaban J connectivity index is 1.77. The first-order valence-electron chi connectivity index (χ1n) is 7.65. The molecular weight excluding hydrogens is 345 g/mol. The number of halogens is 2. The van der Waals surface area contributed by atoms with Crippen molar-refractivity contribution in [2.75, 3.05) is 11.9 Å². The van der Waals surface area contributed by atoms with Gasteiger partial charge in [0.15, 0.2) is 0 Å². The second-order valence-electron chi connectivity index (χ2n) is 6.00. The molecule has 4 rings (SSSR count). The highest BCUT2D eigenvalue weighted by molar-refractivity contribution is 9.10. The summed E-state index contributed by atoms with van der Waals surface area (Å²) in [5, 5.41) is 3.64. The molecule has 2 aliphatic rings. The van der Waals surface area contributed by atoms with Gasteiger partial charge in [-0.1, -0.05) is 28.1 Å². The van der Waals surface area contributed by atoms with Crippen molar-refractivity contribution in [3.63, 3.8) is 0 Å². The molecule has 0 aromatic heterocycles. The van der Waals surface area contributed by atoms with Crippen molar-refractivity contribution in [1.82, 2.24) is 0 Å². The maximum absolute atomic E-state index is 13.2. The third kappa shape index (κ3) is 2.44. The topological polar surface area (TPSA) is 21.3 Å². The molecule has 3 atom stereocenters. The Bertz CT molecular complexity index is 688. The summed E-state index contributed by atoms with van der Waals surface area (Å²) in [5.41, 5.74) is 3.45. The quantitative estimate of drug-likeness (QED) is 0.751. The van der Waals surface area contributed by atoms with E-state index in [0.717, 1.165) is 35.2 Å². The molecule has 2 nitrogen and oxygen atoms in total. The van der Waals surface area contributed by atoms with Crippen LogP contribution >= 0.6 is 15.9 Å². The van der Waals surface area contributed by atoms with Crippen LogP contribution in [0.1, 0.15) is 36.1 Å². The summed E-state index contributed by atoms with van der Waals surface area (Å²) in [7, 11) is 0.